The molecule has 2 heterocycles. The van der Waals surface area contributed by atoms with Gasteiger partial charge in [-0.25, -0.2) is 0 Å². The molecule has 0 bridgehead atoms. The van der Waals surface area contributed by atoms with Gasteiger partial charge in [-0.05, 0) is 44.9 Å². The molecule has 1 aliphatic rings. The molecule has 4 heteroatoms. The lowest BCUT2D eigenvalue weighted by Gasteiger charge is -2.40. The van der Waals surface area contributed by atoms with Crippen molar-refractivity contribution in [3.8, 4) is 0 Å². The number of nitrogens with zero attached hydrogens (tertiary/aromatic N) is 3. The van der Waals surface area contributed by atoms with Crippen molar-refractivity contribution in [2.24, 2.45) is 0 Å². The van der Waals surface area contributed by atoms with Crippen LogP contribution in [0.2, 0.25) is 0 Å². The first-order chi connectivity index (χ1) is 8.33. The van der Waals surface area contributed by atoms with Crippen LogP contribution >= 0.6 is 0 Å². The van der Waals surface area contributed by atoms with Crippen LogP contribution in [0.15, 0.2) is 18.3 Å². The molecule has 2 atom stereocenters. The summed E-state index contributed by atoms with van der Waals surface area (Å²) in [6.45, 7) is 6.54. The first-order valence-corrected chi connectivity index (χ1v) is 6.60. The van der Waals surface area contributed by atoms with Gasteiger partial charge in [-0.1, -0.05) is 6.92 Å². The van der Waals surface area contributed by atoms with Crippen LogP contribution in [0.25, 0.3) is 0 Å². The van der Waals surface area contributed by atoms with Crippen molar-refractivity contribution in [2.75, 3.05) is 18.0 Å². The van der Waals surface area contributed by atoms with Crippen LogP contribution in [0.3, 0.4) is 0 Å². The molecule has 0 saturated carbocycles. The van der Waals surface area contributed by atoms with E-state index >= 15 is 0 Å². The maximum Gasteiger partial charge on any atom is 0.151 e. The summed E-state index contributed by atoms with van der Waals surface area (Å²) in [5, 5.41) is 11.8. The van der Waals surface area contributed by atoms with E-state index in [4.69, 9.17) is 0 Å². The average molecular weight is 234 g/mol. The van der Waals surface area contributed by atoms with Crippen LogP contribution in [0.1, 0.15) is 33.1 Å². The van der Waals surface area contributed by atoms with Gasteiger partial charge in [-0.15, -0.1) is 5.10 Å². The number of nitrogens with one attached hydrogen (secondary N) is 1. The minimum atomic E-state index is 0.502. The highest BCUT2D eigenvalue weighted by atomic mass is 15.3. The zero-order valence-corrected chi connectivity index (χ0v) is 10.8. The second-order valence-electron chi connectivity index (χ2n) is 4.68. The van der Waals surface area contributed by atoms with Crippen LogP contribution in [0.5, 0.6) is 0 Å². The SMILES string of the molecule is CCNC(C)C1CCCCN1c1cccnn1. The van der Waals surface area contributed by atoms with Crippen molar-refractivity contribution < 1.29 is 0 Å². The Balaban J connectivity index is 2.12. The predicted molar refractivity (Wildman–Crippen MR) is 70.2 cm³/mol. The average Bonchev–Trinajstić information content (AvgIpc) is 2.40. The molecular weight excluding hydrogens is 212 g/mol. The second kappa shape index (κ2) is 5.96. The van der Waals surface area contributed by atoms with E-state index < -0.39 is 0 Å². The van der Waals surface area contributed by atoms with Crippen molar-refractivity contribution in [3.05, 3.63) is 18.3 Å². The molecule has 1 aromatic rings. The summed E-state index contributed by atoms with van der Waals surface area (Å²) in [5.74, 6) is 1.02. The second-order valence-corrected chi connectivity index (χ2v) is 4.68. The predicted octanol–water partition coefficient (Wildman–Crippen LogP) is 1.83. The van der Waals surface area contributed by atoms with Crippen molar-refractivity contribution in [1.82, 2.24) is 15.5 Å². The molecule has 4 nitrogen and oxygen atoms in total. The number of anilines is 1. The van der Waals surface area contributed by atoms with Gasteiger partial charge in [-0.3, -0.25) is 0 Å². The van der Waals surface area contributed by atoms with Crippen molar-refractivity contribution in [1.29, 1.82) is 0 Å². The Morgan fingerprint density at radius 2 is 2.41 bits per heavy atom. The summed E-state index contributed by atoms with van der Waals surface area (Å²) >= 11 is 0. The van der Waals surface area contributed by atoms with Crippen LogP contribution in [0, 0.1) is 0 Å². The minimum Gasteiger partial charge on any atom is -0.351 e. The van der Waals surface area contributed by atoms with Gasteiger partial charge < -0.3 is 10.2 Å². The van der Waals surface area contributed by atoms with E-state index in [0.29, 0.717) is 12.1 Å². The summed E-state index contributed by atoms with van der Waals surface area (Å²) < 4.78 is 0. The Labute approximate surface area is 103 Å². The Hall–Kier alpha value is -1.16. The highest BCUT2D eigenvalue weighted by molar-refractivity contribution is 5.39. The standard InChI is InChI=1S/C13H22N4/c1-3-14-11(2)12-7-4-5-10-17(12)13-8-6-9-15-16-13/h6,8-9,11-12,14H,3-5,7,10H2,1-2H3. The molecule has 0 amide bonds. The molecule has 1 saturated heterocycles. The van der Waals surface area contributed by atoms with E-state index in [1.807, 2.05) is 6.07 Å². The third-order valence-electron chi connectivity index (χ3n) is 3.50. The monoisotopic (exact) mass is 234 g/mol. The first kappa shape index (κ1) is 12.3. The van der Waals surface area contributed by atoms with Gasteiger partial charge in [0.1, 0.15) is 0 Å². The Bertz CT molecular complexity index is 327. The number of piperidine rings is 1. The van der Waals surface area contributed by atoms with Gasteiger partial charge in [0.25, 0.3) is 0 Å². The van der Waals surface area contributed by atoms with E-state index in [-0.39, 0.29) is 0 Å². The Morgan fingerprint density at radius 1 is 1.53 bits per heavy atom. The van der Waals surface area contributed by atoms with E-state index in [9.17, 15) is 0 Å². The molecule has 1 fully saturated rings. The lowest BCUT2D eigenvalue weighted by Crippen LogP contribution is -2.51. The third kappa shape index (κ3) is 2.94. The maximum absolute atomic E-state index is 4.24. The number of hydrogen-bond acceptors (Lipinski definition) is 4. The number of hydrogen-bond donors (Lipinski definition) is 1. The summed E-state index contributed by atoms with van der Waals surface area (Å²) in [6.07, 6.45) is 5.55. The van der Waals surface area contributed by atoms with Gasteiger partial charge >= 0.3 is 0 Å². The normalized spacial score (nSPS) is 22.5. The Morgan fingerprint density at radius 3 is 3.12 bits per heavy atom. The number of aromatic nitrogens is 2. The van der Waals surface area contributed by atoms with Crippen LogP contribution in [-0.4, -0.2) is 35.4 Å². The molecule has 2 rings (SSSR count). The summed E-state index contributed by atoms with van der Waals surface area (Å²) in [7, 11) is 0. The van der Waals surface area contributed by atoms with E-state index in [0.717, 1.165) is 18.9 Å². The minimum absolute atomic E-state index is 0.502. The molecular formula is C13H22N4. The lowest BCUT2D eigenvalue weighted by molar-refractivity contribution is 0.369. The topological polar surface area (TPSA) is 41.0 Å². The lowest BCUT2D eigenvalue weighted by atomic mass is 9.96. The van der Waals surface area contributed by atoms with Gasteiger partial charge in [0.15, 0.2) is 5.82 Å². The quantitative estimate of drug-likeness (QED) is 0.863. The highest BCUT2D eigenvalue weighted by Crippen LogP contribution is 2.24. The third-order valence-corrected chi connectivity index (χ3v) is 3.50. The largest absolute Gasteiger partial charge is 0.351 e. The summed E-state index contributed by atoms with van der Waals surface area (Å²) in [6, 6.07) is 5.07. The fourth-order valence-electron chi connectivity index (χ4n) is 2.67. The highest BCUT2D eigenvalue weighted by Gasteiger charge is 2.27. The zero-order valence-electron chi connectivity index (χ0n) is 10.8. The molecule has 0 aliphatic carbocycles. The molecule has 0 aromatic carbocycles. The molecule has 0 spiro atoms. The van der Waals surface area contributed by atoms with Crippen LogP contribution in [0.4, 0.5) is 5.82 Å². The van der Waals surface area contributed by atoms with Crippen LogP contribution in [-0.2, 0) is 0 Å². The molecule has 1 aromatic heterocycles. The maximum atomic E-state index is 4.24. The van der Waals surface area contributed by atoms with E-state index in [1.165, 1.54) is 19.3 Å². The fourth-order valence-corrected chi connectivity index (χ4v) is 2.67. The fraction of sp³-hybridized carbons (Fsp3) is 0.692. The van der Waals surface area contributed by atoms with Gasteiger partial charge in [0, 0.05) is 24.8 Å². The Kier molecular flexibility index (Phi) is 4.31. The van der Waals surface area contributed by atoms with Crippen molar-refractivity contribution in [3.63, 3.8) is 0 Å². The van der Waals surface area contributed by atoms with Crippen LogP contribution < -0.4 is 10.2 Å². The molecule has 1 N–H and O–H groups in total. The molecule has 17 heavy (non-hydrogen) atoms. The summed E-state index contributed by atoms with van der Waals surface area (Å²) in [4.78, 5) is 2.41. The number of rotatable bonds is 4. The summed E-state index contributed by atoms with van der Waals surface area (Å²) in [5.41, 5.74) is 0. The molecule has 94 valence electrons. The van der Waals surface area contributed by atoms with Crippen molar-refractivity contribution in [2.45, 2.75) is 45.2 Å². The number of likely N-dealkylation sites (N-methyl/N-ethyl adjacent to an activating group) is 1. The molecule has 2 unspecified atom stereocenters. The van der Waals surface area contributed by atoms with E-state index in [2.05, 4.69) is 40.3 Å². The first-order valence-electron chi connectivity index (χ1n) is 6.60. The molecule has 0 radical (unpaired) electrons. The molecule has 1 aliphatic heterocycles. The zero-order chi connectivity index (χ0) is 12.1. The smallest absolute Gasteiger partial charge is 0.151 e. The van der Waals surface area contributed by atoms with Gasteiger partial charge in [-0.2, -0.15) is 5.10 Å². The van der Waals surface area contributed by atoms with Gasteiger partial charge in [0.05, 0.1) is 0 Å². The van der Waals surface area contributed by atoms with Gasteiger partial charge in [0.2, 0.25) is 0 Å². The van der Waals surface area contributed by atoms with Crippen molar-refractivity contribution >= 4 is 5.82 Å². The van der Waals surface area contributed by atoms with E-state index in [1.54, 1.807) is 6.20 Å².